The first-order valence-corrected chi connectivity index (χ1v) is 6.16. The minimum atomic E-state index is -0.150. The maximum Gasteiger partial charge on any atom is 0.253 e. The number of nitrogens with zero attached hydrogens (tertiary/aromatic N) is 1. The van der Waals surface area contributed by atoms with Crippen LogP contribution >= 0.6 is 0 Å². The number of benzene rings is 1. The van der Waals surface area contributed by atoms with E-state index in [1.54, 1.807) is 12.1 Å². The molecule has 2 rings (SSSR count). The summed E-state index contributed by atoms with van der Waals surface area (Å²) in [6.45, 7) is 3.99. The van der Waals surface area contributed by atoms with E-state index in [2.05, 4.69) is 10.3 Å². The van der Waals surface area contributed by atoms with Crippen molar-refractivity contribution in [3.05, 3.63) is 59.3 Å². The van der Waals surface area contributed by atoms with Crippen molar-refractivity contribution in [1.29, 1.82) is 0 Å². The van der Waals surface area contributed by atoms with E-state index in [9.17, 15) is 4.79 Å². The van der Waals surface area contributed by atoms with Crippen LogP contribution in [-0.4, -0.2) is 10.9 Å². The number of carbonyl (C=O) groups excluding carboxylic acids is 1. The van der Waals surface area contributed by atoms with E-state index >= 15 is 0 Å². The molecular weight excluding hydrogens is 238 g/mol. The number of pyridine rings is 1. The number of carbonyl (C=O) groups is 1. The normalized spacial score (nSPS) is 11.9. The molecule has 4 nitrogen and oxygen atoms in total. The number of hydrogen-bond acceptors (Lipinski definition) is 3. The Labute approximate surface area is 112 Å². The Morgan fingerprint density at radius 3 is 2.63 bits per heavy atom. The van der Waals surface area contributed by atoms with Gasteiger partial charge in [-0.1, -0.05) is 24.3 Å². The summed E-state index contributed by atoms with van der Waals surface area (Å²) in [6, 6.07) is 11.2. The average molecular weight is 255 g/mol. The third-order valence-electron chi connectivity index (χ3n) is 3.05. The van der Waals surface area contributed by atoms with Crippen molar-refractivity contribution in [2.45, 2.75) is 19.9 Å². The van der Waals surface area contributed by atoms with Crippen LogP contribution in [0.15, 0.2) is 42.6 Å². The van der Waals surface area contributed by atoms with Gasteiger partial charge in [-0.05, 0) is 37.1 Å². The number of hydrogen-bond donors (Lipinski definition) is 2. The van der Waals surface area contributed by atoms with E-state index < -0.39 is 0 Å². The lowest BCUT2D eigenvalue weighted by atomic mass is 10.0. The van der Waals surface area contributed by atoms with Gasteiger partial charge in [0, 0.05) is 6.20 Å². The zero-order valence-electron chi connectivity index (χ0n) is 11.1. The number of aromatic nitrogens is 1. The van der Waals surface area contributed by atoms with Gasteiger partial charge in [0.2, 0.25) is 0 Å². The molecule has 1 atom stereocenters. The molecule has 0 aliphatic heterocycles. The molecule has 19 heavy (non-hydrogen) atoms. The van der Waals surface area contributed by atoms with E-state index in [-0.39, 0.29) is 11.9 Å². The van der Waals surface area contributed by atoms with Crippen LogP contribution in [-0.2, 0) is 0 Å². The quantitative estimate of drug-likeness (QED) is 0.885. The highest BCUT2D eigenvalue weighted by Gasteiger charge is 2.12. The third kappa shape index (κ3) is 3.10. The van der Waals surface area contributed by atoms with Gasteiger partial charge in [-0.15, -0.1) is 0 Å². The molecule has 0 aliphatic rings. The monoisotopic (exact) mass is 255 g/mol. The standard InChI is InChI=1S/C15H17N3O/c1-10-5-3-4-6-13(10)11(2)18-15(19)12-7-8-14(16)17-9-12/h3-9,11H,1-2H3,(H2,16,17)(H,18,19). The number of anilines is 1. The topological polar surface area (TPSA) is 68.0 Å². The van der Waals surface area contributed by atoms with Crippen molar-refractivity contribution in [3.63, 3.8) is 0 Å². The van der Waals surface area contributed by atoms with Crippen LogP contribution in [0.2, 0.25) is 0 Å². The van der Waals surface area contributed by atoms with Gasteiger partial charge in [0.15, 0.2) is 0 Å². The molecule has 4 heteroatoms. The molecule has 1 aromatic carbocycles. The van der Waals surface area contributed by atoms with Gasteiger partial charge in [0.05, 0.1) is 11.6 Å². The number of nitrogens with one attached hydrogen (secondary N) is 1. The summed E-state index contributed by atoms with van der Waals surface area (Å²) in [4.78, 5) is 16.0. The van der Waals surface area contributed by atoms with Crippen molar-refractivity contribution in [1.82, 2.24) is 10.3 Å². The molecule has 1 amide bonds. The smallest absolute Gasteiger partial charge is 0.253 e. The molecule has 0 saturated carbocycles. The van der Waals surface area contributed by atoms with E-state index in [0.29, 0.717) is 11.4 Å². The molecule has 0 aliphatic carbocycles. The van der Waals surface area contributed by atoms with Gasteiger partial charge in [-0.2, -0.15) is 0 Å². The summed E-state index contributed by atoms with van der Waals surface area (Å²) in [5.74, 6) is 0.256. The van der Waals surface area contributed by atoms with Crippen molar-refractivity contribution in [2.75, 3.05) is 5.73 Å². The van der Waals surface area contributed by atoms with Gasteiger partial charge in [0.25, 0.3) is 5.91 Å². The number of aryl methyl sites for hydroxylation is 1. The van der Waals surface area contributed by atoms with Crippen molar-refractivity contribution in [3.8, 4) is 0 Å². The van der Waals surface area contributed by atoms with E-state index in [1.165, 1.54) is 6.20 Å². The van der Waals surface area contributed by atoms with Crippen LogP contribution < -0.4 is 11.1 Å². The summed E-state index contributed by atoms with van der Waals surface area (Å²) < 4.78 is 0. The van der Waals surface area contributed by atoms with E-state index in [0.717, 1.165) is 11.1 Å². The van der Waals surface area contributed by atoms with E-state index in [4.69, 9.17) is 5.73 Å². The second kappa shape index (κ2) is 5.52. The zero-order chi connectivity index (χ0) is 13.8. The van der Waals surface area contributed by atoms with Crippen molar-refractivity contribution in [2.24, 2.45) is 0 Å². The van der Waals surface area contributed by atoms with Crippen LogP contribution in [0.3, 0.4) is 0 Å². The minimum Gasteiger partial charge on any atom is -0.384 e. The molecule has 1 aromatic heterocycles. The number of nitrogens with two attached hydrogens (primary N) is 1. The Bertz CT molecular complexity index is 578. The van der Waals surface area contributed by atoms with E-state index in [1.807, 2.05) is 38.1 Å². The summed E-state index contributed by atoms with van der Waals surface area (Å²) in [7, 11) is 0. The number of amides is 1. The van der Waals surface area contributed by atoms with Gasteiger partial charge in [-0.25, -0.2) is 4.98 Å². The lowest BCUT2D eigenvalue weighted by Gasteiger charge is -2.16. The molecule has 0 radical (unpaired) electrons. The second-order valence-electron chi connectivity index (χ2n) is 4.52. The molecule has 0 fully saturated rings. The fourth-order valence-electron chi connectivity index (χ4n) is 1.97. The molecule has 0 bridgehead atoms. The summed E-state index contributed by atoms with van der Waals surface area (Å²) in [5, 5.41) is 2.95. The van der Waals surface area contributed by atoms with Gasteiger partial charge in [-0.3, -0.25) is 4.79 Å². The molecule has 2 aromatic rings. The van der Waals surface area contributed by atoms with Gasteiger partial charge in [0.1, 0.15) is 5.82 Å². The summed E-state index contributed by atoms with van der Waals surface area (Å²) in [5.41, 5.74) is 8.27. The van der Waals surface area contributed by atoms with Crippen molar-refractivity contribution >= 4 is 11.7 Å². The van der Waals surface area contributed by atoms with Gasteiger partial charge < -0.3 is 11.1 Å². The lowest BCUT2D eigenvalue weighted by molar-refractivity contribution is 0.0939. The fourth-order valence-corrected chi connectivity index (χ4v) is 1.97. The Kier molecular flexibility index (Phi) is 3.80. The highest BCUT2D eigenvalue weighted by atomic mass is 16.1. The fraction of sp³-hybridized carbons (Fsp3) is 0.200. The molecule has 1 heterocycles. The SMILES string of the molecule is Cc1ccccc1C(C)NC(=O)c1ccc(N)nc1. The molecule has 3 N–H and O–H groups in total. The zero-order valence-corrected chi connectivity index (χ0v) is 11.1. The van der Waals surface area contributed by atoms with Crippen molar-refractivity contribution < 1.29 is 4.79 Å². The van der Waals surface area contributed by atoms with Gasteiger partial charge >= 0.3 is 0 Å². The molecule has 0 spiro atoms. The highest BCUT2D eigenvalue weighted by molar-refractivity contribution is 5.94. The first-order valence-electron chi connectivity index (χ1n) is 6.16. The Balaban J connectivity index is 2.11. The predicted octanol–water partition coefficient (Wildman–Crippen LogP) is 2.46. The minimum absolute atomic E-state index is 0.0498. The third-order valence-corrected chi connectivity index (χ3v) is 3.05. The predicted molar refractivity (Wildman–Crippen MR) is 75.7 cm³/mol. The van der Waals surface area contributed by atoms with Crippen LogP contribution in [0.4, 0.5) is 5.82 Å². The maximum absolute atomic E-state index is 12.1. The first kappa shape index (κ1) is 13.1. The molecular formula is C15H17N3O. The maximum atomic E-state index is 12.1. The second-order valence-corrected chi connectivity index (χ2v) is 4.52. The molecule has 0 saturated heterocycles. The average Bonchev–Trinajstić information content (AvgIpc) is 2.39. The molecule has 98 valence electrons. The molecule has 1 unspecified atom stereocenters. The first-order chi connectivity index (χ1) is 9.08. The Morgan fingerprint density at radius 2 is 2.00 bits per heavy atom. The largest absolute Gasteiger partial charge is 0.384 e. The summed E-state index contributed by atoms with van der Waals surface area (Å²) in [6.07, 6.45) is 1.48. The van der Waals surface area contributed by atoms with Crippen LogP contribution in [0.1, 0.15) is 34.5 Å². The number of nitrogen functional groups attached to an aromatic ring is 1. The summed E-state index contributed by atoms with van der Waals surface area (Å²) >= 11 is 0. The Hall–Kier alpha value is -2.36. The van der Waals surface area contributed by atoms with Crippen LogP contribution in [0.25, 0.3) is 0 Å². The van der Waals surface area contributed by atoms with Crippen LogP contribution in [0.5, 0.6) is 0 Å². The van der Waals surface area contributed by atoms with Crippen LogP contribution in [0, 0.1) is 6.92 Å². The lowest BCUT2D eigenvalue weighted by Crippen LogP contribution is -2.27. The highest BCUT2D eigenvalue weighted by Crippen LogP contribution is 2.17. The Morgan fingerprint density at radius 1 is 1.26 bits per heavy atom. The number of rotatable bonds is 3.